The minimum atomic E-state index is -0.0576. The van der Waals surface area contributed by atoms with E-state index in [1.54, 1.807) is 10.7 Å². The number of hydrogen-bond acceptors (Lipinski definition) is 2. The molecular weight excluding hydrogens is 277 g/mol. The normalized spacial score (nSPS) is 12.3. The van der Waals surface area contributed by atoms with E-state index >= 15 is 0 Å². The van der Waals surface area contributed by atoms with Crippen LogP contribution in [0.15, 0.2) is 16.7 Å². The SMILES string of the molecule is CC(C)(C)c1nc2c(Br)cc(Cl)cn2n1. The summed E-state index contributed by atoms with van der Waals surface area (Å²) in [6.45, 7) is 6.24. The van der Waals surface area contributed by atoms with Crippen LogP contribution in [-0.2, 0) is 5.41 Å². The van der Waals surface area contributed by atoms with Crippen molar-refractivity contribution in [3.05, 3.63) is 27.6 Å². The second-order valence-corrected chi connectivity index (χ2v) is 5.75. The molecule has 0 aromatic carbocycles. The third-order valence-electron chi connectivity index (χ3n) is 2.03. The lowest BCUT2D eigenvalue weighted by Gasteiger charge is -2.11. The molecule has 2 rings (SSSR count). The Kier molecular flexibility index (Phi) is 2.51. The van der Waals surface area contributed by atoms with Gasteiger partial charge in [-0.15, -0.1) is 0 Å². The molecule has 2 heterocycles. The van der Waals surface area contributed by atoms with Crippen LogP contribution in [0, 0.1) is 0 Å². The van der Waals surface area contributed by atoms with Gasteiger partial charge in [-0.05, 0) is 22.0 Å². The molecule has 0 amide bonds. The van der Waals surface area contributed by atoms with E-state index in [9.17, 15) is 0 Å². The van der Waals surface area contributed by atoms with Crippen molar-refractivity contribution in [2.24, 2.45) is 0 Å². The minimum absolute atomic E-state index is 0.0576. The highest BCUT2D eigenvalue weighted by Gasteiger charge is 2.20. The van der Waals surface area contributed by atoms with E-state index in [1.807, 2.05) is 6.07 Å². The highest BCUT2D eigenvalue weighted by Crippen LogP contribution is 2.24. The molecule has 0 saturated carbocycles. The van der Waals surface area contributed by atoms with Crippen LogP contribution in [0.1, 0.15) is 26.6 Å². The maximum atomic E-state index is 5.93. The fraction of sp³-hybridized carbons (Fsp3) is 0.400. The summed E-state index contributed by atoms with van der Waals surface area (Å²) in [4.78, 5) is 4.47. The van der Waals surface area contributed by atoms with Crippen LogP contribution in [0.5, 0.6) is 0 Å². The number of hydrogen-bond donors (Lipinski definition) is 0. The molecule has 5 heteroatoms. The maximum absolute atomic E-state index is 5.93. The van der Waals surface area contributed by atoms with Gasteiger partial charge in [0.2, 0.25) is 0 Å². The quantitative estimate of drug-likeness (QED) is 0.743. The standard InChI is InChI=1S/C10H11BrClN3/c1-10(2,3)9-13-8-7(11)4-6(12)5-15(8)14-9/h4-5H,1-3H3. The molecule has 2 aromatic rings. The molecule has 3 nitrogen and oxygen atoms in total. The van der Waals surface area contributed by atoms with Crippen LogP contribution < -0.4 is 0 Å². The average Bonchev–Trinajstić information content (AvgIpc) is 2.46. The van der Waals surface area contributed by atoms with Gasteiger partial charge in [0.1, 0.15) is 0 Å². The second kappa shape index (κ2) is 3.46. The maximum Gasteiger partial charge on any atom is 0.169 e. The summed E-state index contributed by atoms with van der Waals surface area (Å²) in [5, 5.41) is 5.04. The smallest absolute Gasteiger partial charge is 0.169 e. The molecule has 0 N–H and O–H groups in total. The molecule has 0 aliphatic carbocycles. The Morgan fingerprint density at radius 3 is 2.67 bits per heavy atom. The van der Waals surface area contributed by atoms with Gasteiger partial charge < -0.3 is 0 Å². The van der Waals surface area contributed by atoms with Gasteiger partial charge in [0.15, 0.2) is 11.5 Å². The van der Waals surface area contributed by atoms with Gasteiger partial charge in [-0.25, -0.2) is 9.50 Å². The van der Waals surface area contributed by atoms with E-state index in [2.05, 4.69) is 46.8 Å². The first-order chi connectivity index (χ1) is 6.88. The summed E-state index contributed by atoms with van der Waals surface area (Å²) < 4.78 is 2.56. The number of rotatable bonds is 0. The summed E-state index contributed by atoms with van der Waals surface area (Å²) >= 11 is 9.35. The monoisotopic (exact) mass is 287 g/mol. The van der Waals surface area contributed by atoms with Crippen molar-refractivity contribution in [3.63, 3.8) is 0 Å². The molecule has 0 fully saturated rings. The molecule has 0 bridgehead atoms. The fourth-order valence-corrected chi connectivity index (χ4v) is 2.08. The molecule has 0 aliphatic rings. The van der Waals surface area contributed by atoms with Gasteiger partial charge >= 0.3 is 0 Å². The minimum Gasteiger partial charge on any atom is -0.218 e. The highest BCUT2D eigenvalue weighted by atomic mass is 79.9. The van der Waals surface area contributed by atoms with Crippen LogP contribution in [0.25, 0.3) is 5.65 Å². The van der Waals surface area contributed by atoms with E-state index in [-0.39, 0.29) is 5.41 Å². The molecule has 0 saturated heterocycles. The van der Waals surface area contributed by atoms with Crippen molar-refractivity contribution < 1.29 is 0 Å². The number of pyridine rings is 1. The van der Waals surface area contributed by atoms with Gasteiger partial charge in [0, 0.05) is 11.6 Å². The van der Waals surface area contributed by atoms with E-state index in [1.165, 1.54) is 0 Å². The first-order valence-corrected chi connectivity index (χ1v) is 5.77. The highest BCUT2D eigenvalue weighted by molar-refractivity contribution is 9.10. The summed E-state index contributed by atoms with van der Waals surface area (Å²) in [6.07, 6.45) is 1.75. The van der Waals surface area contributed by atoms with Crippen molar-refractivity contribution >= 4 is 33.2 Å². The van der Waals surface area contributed by atoms with Crippen LogP contribution in [0.3, 0.4) is 0 Å². The zero-order valence-corrected chi connectivity index (χ0v) is 11.1. The van der Waals surface area contributed by atoms with E-state index in [4.69, 9.17) is 11.6 Å². The topological polar surface area (TPSA) is 30.2 Å². The predicted octanol–water partition coefficient (Wildman–Crippen LogP) is 3.44. The molecule has 0 spiro atoms. The zero-order valence-electron chi connectivity index (χ0n) is 8.75. The molecule has 80 valence electrons. The fourth-order valence-electron chi connectivity index (χ4n) is 1.23. The lowest BCUT2D eigenvalue weighted by Crippen LogP contribution is -2.13. The number of nitrogens with zero attached hydrogens (tertiary/aromatic N) is 3. The second-order valence-electron chi connectivity index (χ2n) is 4.46. The Morgan fingerprint density at radius 1 is 1.40 bits per heavy atom. The molecule has 0 atom stereocenters. The Morgan fingerprint density at radius 2 is 2.07 bits per heavy atom. The van der Waals surface area contributed by atoms with Gasteiger partial charge in [-0.1, -0.05) is 32.4 Å². The van der Waals surface area contributed by atoms with Gasteiger partial charge in [-0.3, -0.25) is 0 Å². The van der Waals surface area contributed by atoms with Crippen LogP contribution in [0.4, 0.5) is 0 Å². The first-order valence-electron chi connectivity index (χ1n) is 4.60. The van der Waals surface area contributed by atoms with E-state index < -0.39 is 0 Å². The van der Waals surface area contributed by atoms with Crippen molar-refractivity contribution in [1.82, 2.24) is 14.6 Å². The van der Waals surface area contributed by atoms with Crippen molar-refractivity contribution in [2.75, 3.05) is 0 Å². The molecule has 0 aliphatic heterocycles. The Balaban J connectivity index is 2.71. The largest absolute Gasteiger partial charge is 0.218 e. The van der Waals surface area contributed by atoms with Crippen molar-refractivity contribution in [1.29, 1.82) is 0 Å². The lowest BCUT2D eigenvalue weighted by atomic mass is 9.96. The third-order valence-corrected chi connectivity index (χ3v) is 2.82. The van der Waals surface area contributed by atoms with Crippen LogP contribution >= 0.6 is 27.5 Å². The van der Waals surface area contributed by atoms with Crippen molar-refractivity contribution in [2.45, 2.75) is 26.2 Å². The lowest BCUT2D eigenvalue weighted by molar-refractivity contribution is 0.545. The molecule has 0 unspecified atom stereocenters. The Hall–Kier alpha value is -0.610. The summed E-state index contributed by atoms with van der Waals surface area (Å²) in [5.74, 6) is 0.811. The summed E-state index contributed by atoms with van der Waals surface area (Å²) in [7, 11) is 0. The number of fused-ring (bicyclic) bond motifs is 1. The molecular formula is C10H11BrClN3. The average molecular weight is 289 g/mol. The Labute approximate surface area is 102 Å². The first kappa shape index (κ1) is 10.9. The van der Waals surface area contributed by atoms with Crippen LogP contribution in [0.2, 0.25) is 5.02 Å². The van der Waals surface area contributed by atoms with Gasteiger partial charge in [0.05, 0.1) is 9.50 Å². The predicted molar refractivity (Wildman–Crippen MR) is 64.4 cm³/mol. The van der Waals surface area contributed by atoms with Gasteiger partial charge in [0.25, 0.3) is 0 Å². The molecule has 2 aromatic heterocycles. The zero-order chi connectivity index (χ0) is 11.2. The van der Waals surface area contributed by atoms with Crippen molar-refractivity contribution in [3.8, 4) is 0 Å². The summed E-state index contributed by atoms with van der Waals surface area (Å²) in [5.41, 5.74) is 0.738. The molecule has 0 radical (unpaired) electrons. The van der Waals surface area contributed by atoms with Crippen LogP contribution in [-0.4, -0.2) is 14.6 Å². The number of aromatic nitrogens is 3. The van der Waals surface area contributed by atoms with Gasteiger partial charge in [-0.2, -0.15) is 5.10 Å². The third kappa shape index (κ3) is 2.01. The molecule has 15 heavy (non-hydrogen) atoms. The number of halogens is 2. The van der Waals surface area contributed by atoms with E-state index in [0.29, 0.717) is 5.02 Å². The van der Waals surface area contributed by atoms with E-state index in [0.717, 1.165) is 15.9 Å². The Bertz CT molecular complexity index is 513. The summed E-state index contributed by atoms with van der Waals surface area (Å²) in [6, 6.07) is 1.82.